The van der Waals surface area contributed by atoms with Gasteiger partial charge in [-0.15, -0.1) is 0 Å². The van der Waals surface area contributed by atoms with Gasteiger partial charge in [0.25, 0.3) is 11.8 Å². The van der Waals surface area contributed by atoms with Gasteiger partial charge in [-0.3, -0.25) is 9.59 Å². The summed E-state index contributed by atoms with van der Waals surface area (Å²) in [6, 6.07) is 17.4. The zero-order chi connectivity index (χ0) is 18.5. The second-order valence-corrected chi connectivity index (χ2v) is 5.69. The second-order valence-electron chi connectivity index (χ2n) is 5.69. The number of hydrogen-bond donors (Lipinski definition) is 2. The Morgan fingerprint density at radius 3 is 2.00 bits per heavy atom. The molecular formula is C20H16FN3O2. The summed E-state index contributed by atoms with van der Waals surface area (Å²) in [5, 5.41) is 5.27. The molecule has 5 nitrogen and oxygen atoms in total. The third-order valence-corrected chi connectivity index (χ3v) is 3.61. The van der Waals surface area contributed by atoms with E-state index in [9.17, 15) is 14.0 Å². The molecule has 3 rings (SSSR count). The Labute approximate surface area is 149 Å². The monoisotopic (exact) mass is 349 g/mol. The highest BCUT2D eigenvalue weighted by atomic mass is 19.1. The number of pyridine rings is 1. The van der Waals surface area contributed by atoms with Gasteiger partial charge in [-0.2, -0.15) is 0 Å². The molecule has 0 spiro atoms. The van der Waals surface area contributed by atoms with Crippen LogP contribution in [0.15, 0.2) is 66.7 Å². The molecule has 0 aliphatic rings. The number of nitrogens with zero attached hydrogens (tertiary/aromatic N) is 1. The summed E-state index contributed by atoms with van der Waals surface area (Å²) < 4.78 is 13.2. The molecule has 0 radical (unpaired) electrons. The Bertz CT molecular complexity index is 955. The van der Waals surface area contributed by atoms with Gasteiger partial charge in [0.15, 0.2) is 0 Å². The Kier molecular flexibility index (Phi) is 5.03. The van der Waals surface area contributed by atoms with Gasteiger partial charge in [-0.25, -0.2) is 9.37 Å². The van der Waals surface area contributed by atoms with Gasteiger partial charge >= 0.3 is 0 Å². The predicted octanol–water partition coefficient (Wildman–Crippen LogP) is 4.03. The molecule has 2 N–H and O–H groups in total. The number of anilines is 2. The standard InChI is InChI=1S/C20H16FN3O2/c1-13-8-10-15(11-9-13)22-19(25)17-6-3-7-18(24-17)20(26)23-16-5-2-4-14(21)12-16/h2-12H,1H3,(H,22,25)(H,23,26). The van der Waals surface area contributed by atoms with E-state index in [0.717, 1.165) is 5.56 Å². The molecule has 0 bridgehead atoms. The van der Waals surface area contributed by atoms with Crippen molar-refractivity contribution in [3.63, 3.8) is 0 Å². The maximum atomic E-state index is 13.2. The summed E-state index contributed by atoms with van der Waals surface area (Å²) in [4.78, 5) is 28.7. The van der Waals surface area contributed by atoms with Crippen molar-refractivity contribution in [3.05, 3.63) is 89.5 Å². The van der Waals surface area contributed by atoms with Gasteiger partial charge in [0, 0.05) is 11.4 Å². The number of carbonyl (C=O) groups excluding carboxylic acids is 2. The van der Waals surface area contributed by atoms with Gasteiger partial charge < -0.3 is 10.6 Å². The lowest BCUT2D eigenvalue weighted by Crippen LogP contribution is -2.18. The number of carbonyl (C=O) groups is 2. The molecule has 3 aromatic rings. The zero-order valence-corrected chi connectivity index (χ0v) is 14.0. The van der Waals surface area contributed by atoms with Gasteiger partial charge in [0.1, 0.15) is 17.2 Å². The van der Waals surface area contributed by atoms with Crippen molar-refractivity contribution < 1.29 is 14.0 Å². The average molecular weight is 349 g/mol. The molecule has 1 heterocycles. The second kappa shape index (κ2) is 7.57. The number of aryl methyl sites for hydroxylation is 1. The van der Waals surface area contributed by atoms with Gasteiger partial charge in [-0.05, 0) is 49.4 Å². The van der Waals surface area contributed by atoms with Crippen LogP contribution in [0.4, 0.5) is 15.8 Å². The molecule has 0 saturated carbocycles. The number of aromatic nitrogens is 1. The van der Waals surface area contributed by atoms with Crippen LogP contribution >= 0.6 is 0 Å². The smallest absolute Gasteiger partial charge is 0.274 e. The predicted molar refractivity (Wildman–Crippen MR) is 97.7 cm³/mol. The van der Waals surface area contributed by atoms with Crippen molar-refractivity contribution in [3.8, 4) is 0 Å². The fourth-order valence-electron chi connectivity index (χ4n) is 2.28. The van der Waals surface area contributed by atoms with Gasteiger partial charge in [-0.1, -0.05) is 29.8 Å². The van der Waals surface area contributed by atoms with Crippen LogP contribution < -0.4 is 10.6 Å². The highest BCUT2D eigenvalue weighted by molar-refractivity contribution is 6.06. The summed E-state index contributed by atoms with van der Waals surface area (Å²) >= 11 is 0. The highest BCUT2D eigenvalue weighted by Gasteiger charge is 2.13. The van der Waals surface area contributed by atoms with E-state index in [1.165, 1.54) is 30.3 Å². The maximum absolute atomic E-state index is 13.2. The molecule has 0 unspecified atom stereocenters. The van der Waals surface area contributed by atoms with Crippen LogP contribution in [-0.4, -0.2) is 16.8 Å². The van der Waals surface area contributed by atoms with E-state index in [-0.39, 0.29) is 11.4 Å². The summed E-state index contributed by atoms with van der Waals surface area (Å²) in [6.07, 6.45) is 0. The molecule has 2 aromatic carbocycles. The minimum Gasteiger partial charge on any atom is -0.321 e. The topological polar surface area (TPSA) is 71.1 Å². The molecular weight excluding hydrogens is 333 g/mol. The van der Waals surface area contributed by atoms with E-state index < -0.39 is 17.6 Å². The maximum Gasteiger partial charge on any atom is 0.274 e. The lowest BCUT2D eigenvalue weighted by Gasteiger charge is -2.08. The number of halogens is 1. The van der Waals surface area contributed by atoms with Crippen LogP contribution in [0, 0.1) is 12.7 Å². The normalized spacial score (nSPS) is 10.2. The molecule has 0 fully saturated rings. The number of hydrogen-bond acceptors (Lipinski definition) is 3. The third kappa shape index (κ3) is 4.30. The first-order valence-electron chi connectivity index (χ1n) is 7.93. The Hall–Kier alpha value is -3.54. The van der Waals surface area contributed by atoms with E-state index in [1.807, 2.05) is 19.1 Å². The van der Waals surface area contributed by atoms with Crippen LogP contribution in [0.3, 0.4) is 0 Å². The molecule has 1 aromatic heterocycles. The largest absolute Gasteiger partial charge is 0.321 e. The molecule has 0 saturated heterocycles. The summed E-state index contributed by atoms with van der Waals surface area (Å²) in [6.45, 7) is 1.95. The van der Waals surface area contributed by atoms with Crippen molar-refractivity contribution in [2.75, 3.05) is 10.6 Å². The Morgan fingerprint density at radius 2 is 1.38 bits per heavy atom. The lowest BCUT2D eigenvalue weighted by molar-refractivity contribution is 0.101. The van der Waals surface area contributed by atoms with Gasteiger partial charge in [0.2, 0.25) is 0 Å². The summed E-state index contributed by atoms with van der Waals surface area (Å²) in [7, 11) is 0. The number of rotatable bonds is 4. The van der Waals surface area contributed by atoms with E-state index in [0.29, 0.717) is 11.4 Å². The molecule has 130 valence electrons. The first-order chi connectivity index (χ1) is 12.5. The fraction of sp³-hybridized carbons (Fsp3) is 0.0500. The first kappa shape index (κ1) is 17.3. The SMILES string of the molecule is Cc1ccc(NC(=O)c2cccc(C(=O)Nc3cccc(F)c3)n2)cc1. The number of benzene rings is 2. The van der Waals surface area contributed by atoms with E-state index >= 15 is 0 Å². The molecule has 0 atom stereocenters. The van der Waals surface area contributed by atoms with Crippen LogP contribution in [0.1, 0.15) is 26.5 Å². The molecule has 0 aliphatic carbocycles. The Balaban J connectivity index is 1.73. The quantitative estimate of drug-likeness (QED) is 0.747. The zero-order valence-electron chi connectivity index (χ0n) is 14.0. The van der Waals surface area contributed by atoms with E-state index in [4.69, 9.17) is 0 Å². The highest BCUT2D eigenvalue weighted by Crippen LogP contribution is 2.12. The molecule has 0 aliphatic heterocycles. The minimum absolute atomic E-state index is 0.0609. The van der Waals surface area contributed by atoms with E-state index in [1.54, 1.807) is 24.3 Å². The van der Waals surface area contributed by atoms with Crippen molar-refractivity contribution in [1.82, 2.24) is 4.98 Å². The third-order valence-electron chi connectivity index (χ3n) is 3.61. The summed E-state index contributed by atoms with van der Waals surface area (Å²) in [5.74, 6) is -1.41. The summed E-state index contributed by atoms with van der Waals surface area (Å²) in [5.41, 5.74) is 2.20. The van der Waals surface area contributed by atoms with Crippen molar-refractivity contribution in [2.24, 2.45) is 0 Å². The van der Waals surface area contributed by atoms with Crippen molar-refractivity contribution in [2.45, 2.75) is 6.92 Å². The van der Waals surface area contributed by atoms with Crippen molar-refractivity contribution in [1.29, 1.82) is 0 Å². The van der Waals surface area contributed by atoms with Crippen molar-refractivity contribution >= 4 is 23.2 Å². The average Bonchev–Trinajstić information content (AvgIpc) is 2.64. The number of amides is 2. The van der Waals surface area contributed by atoms with Crippen LogP contribution in [0.5, 0.6) is 0 Å². The van der Waals surface area contributed by atoms with E-state index in [2.05, 4.69) is 15.6 Å². The molecule has 26 heavy (non-hydrogen) atoms. The lowest BCUT2D eigenvalue weighted by atomic mass is 10.2. The van der Waals surface area contributed by atoms with Crippen LogP contribution in [0.25, 0.3) is 0 Å². The number of nitrogens with one attached hydrogen (secondary N) is 2. The first-order valence-corrected chi connectivity index (χ1v) is 7.93. The molecule has 2 amide bonds. The van der Waals surface area contributed by atoms with Gasteiger partial charge in [0.05, 0.1) is 0 Å². The minimum atomic E-state index is -0.527. The van der Waals surface area contributed by atoms with Crippen LogP contribution in [-0.2, 0) is 0 Å². The molecule has 6 heteroatoms. The van der Waals surface area contributed by atoms with Crippen LogP contribution in [0.2, 0.25) is 0 Å². The fourth-order valence-corrected chi connectivity index (χ4v) is 2.28. The Morgan fingerprint density at radius 1 is 0.808 bits per heavy atom.